The molecule has 2 heteroatoms. The van der Waals surface area contributed by atoms with Gasteiger partial charge in [-0.15, -0.1) is 0 Å². The van der Waals surface area contributed by atoms with Crippen LogP contribution in [0.25, 0.3) is 0 Å². The maximum Gasteiger partial charge on any atom is 0.0419 e. The van der Waals surface area contributed by atoms with E-state index in [1.165, 1.54) is 11.1 Å². The second-order valence-corrected chi connectivity index (χ2v) is 5.21. The van der Waals surface area contributed by atoms with Gasteiger partial charge in [0, 0.05) is 16.8 Å². The molecule has 0 spiro atoms. The predicted octanol–water partition coefficient (Wildman–Crippen LogP) is 3.65. The van der Waals surface area contributed by atoms with E-state index >= 15 is 0 Å². The number of nitrogen functional groups attached to an aromatic ring is 2. The Morgan fingerprint density at radius 2 is 1.20 bits per heavy atom. The Hall–Kier alpha value is -2.48. The van der Waals surface area contributed by atoms with Gasteiger partial charge in [-0.25, -0.2) is 0 Å². The summed E-state index contributed by atoms with van der Waals surface area (Å²) in [6.45, 7) is 0. The molecule has 0 heterocycles. The molecule has 1 aliphatic carbocycles. The number of hydrogen-bond donors (Lipinski definition) is 2. The summed E-state index contributed by atoms with van der Waals surface area (Å²) in [5.74, 6) is 0. The molecule has 0 aliphatic heterocycles. The molecular weight excluding hydrogens is 244 g/mol. The highest BCUT2D eigenvalue weighted by atomic mass is 14.5. The lowest BCUT2D eigenvalue weighted by Crippen LogP contribution is -2.25. The van der Waals surface area contributed by atoms with Gasteiger partial charge in [0.1, 0.15) is 0 Å². The van der Waals surface area contributed by atoms with Crippen LogP contribution in [0.5, 0.6) is 0 Å². The van der Waals surface area contributed by atoms with E-state index in [0.29, 0.717) is 0 Å². The zero-order valence-corrected chi connectivity index (χ0v) is 11.3. The van der Waals surface area contributed by atoms with E-state index in [1.54, 1.807) is 0 Å². The molecule has 2 nitrogen and oxygen atoms in total. The Kier molecular flexibility index (Phi) is 3.07. The Labute approximate surface area is 119 Å². The van der Waals surface area contributed by atoms with Crippen LogP contribution in [0.3, 0.4) is 0 Å². The molecule has 1 aliphatic rings. The average molecular weight is 262 g/mol. The Balaban J connectivity index is 2.14. The summed E-state index contributed by atoms with van der Waals surface area (Å²) in [4.78, 5) is 0. The molecule has 0 aromatic heterocycles. The molecule has 0 bridgehead atoms. The van der Waals surface area contributed by atoms with Crippen LogP contribution in [0.15, 0.2) is 72.8 Å². The molecule has 0 atom stereocenters. The number of rotatable bonds is 2. The maximum atomic E-state index is 5.81. The molecule has 20 heavy (non-hydrogen) atoms. The molecule has 0 unspecified atom stereocenters. The smallest absolute Gasteiger partial charge is 0.0419 e. The molecule has 3 rings (SSSR count). The van der Waals surface area contributed by atoms with E-state index in [-0.39, 0.29) is 5.41 Å². The first kappa shape index (κ1) is 12.5. The van der Waals surface area contributed by atoms with Crippen molar-refractivity contribution < 1.29 is 0 Å². The minimum atomic E-state index is -0.129. The second kappa shape index (κ2) is 4.89. The lowest BCUT2D eigenvalue weighted by molar-refractivity contribution is 0.648. The van der Waals surface area contributed by atoms with E-state index in [4.69, 9.17) is 11.5 Å². The summed E-state index contributed by atoms with van der Waals surface area (Å²) >= 11 is 0. The van der Waals surface area contributed by atoms with E-state index in [2.05, 4.69) is 48.6 Å². The third kappa shape index (κ3) is 2.10. The highest BCUT2D eigenvalue weighted by molar-refractivity contribution is 5.53. The second-order valence-electron chi connectivity index (χ2n) is 5.21. The largest absolute Gasteiger partial charge is 0.399 e. The van der Waals surface area contributed by atoms with Crippen LogP contribution in [0, 0.1) is 0 Å². The fourth-order valence-electron chi connectivity index (χ4n) is 2.78. The first-order valence-electron chi connectivity index (χ1n) is 6.77. The van der Waals surface area contributed by atoms with Gasteiger partial charge in [-0.1, -0.05) is 48.6 Å². The van der Waals surface area contributed by atoms with E-state index < -0.39 is 0 Å². The van der Waals surface area contributed by atoms with Crippen molar-refractivity contribution in [3.8, 4) is 0 Å². The molecule has 4 N–H and O–H groups in total. The number of hydrogen-bond acceptors (Lipinski definition) is 2. The van der Waals surface area contributed by atoms with E-state index in [0.717, 1.165) is 17.8 Å². The van der Waals surface area contributed by atoms with Gasteiger partial charge in [-0.05, 0) is 41.8 Å². The van der Waals surface area contributed by atoms with Crippen molar-refractivity contribution in [3.05, 3.63) is 84.0 Å². The van der Waals surface area contributed by atoms with Crippen LogP contribution in [-0.2, 0) is 5.41 Å². The molecule has 0 saturated carbocycles. The van der Waals surface area contributed by atoms with Crippen molar-refractivity contribution in [1.82, 2.24) is 0 Å². The maximum absolute atomic E-state index is 5.81. The summed E-state index contributed by atoms with van der Waals surface area (Å²) in [5, 5.41) is 0. The van der Waals surface area contributed by atoms with Crippen molar-refractivity contribution in [1.29, 1.82) is 0 Å². The van der Waals surface area contributed by atoms with Gasteiger partial charge in [0.25, 0.3) is 0 Å². The first-order chi connectivity index (χ1) is 9.71. The molecule has 0 radical (unpaired) electrons. The minimum Gasteiger partial charge on any atom is -0.399 e. The lowest BCUT2D eigenvalue weighted by atomic mass is 9.70. The van der Waals surface area contributed by atoms with Crippen LogP contribution in [0.2, 0.25) is 0 Å². The molecule has 2 aromatic rings. The average Bonchev–Trinajstić information content (AvgIpc) is 2.49. The highest BCUT2D eigenvalue weighted by Crippen LogP contribution is 2.39. The third-order valence-corrected chi connectivity index (χ3v) is 3.92. The quantitative estimate of drug-likeness (QED) is 0.812. The van der Waals surface area contributed by atoms with Crippen molar-refractivity contribution in [2.75, 3.05) is 11.5 Å². The molecular formula is C18H18N2. The summed E-state index contributed by atoms with van der Waals surface area (Å²) in [6, 6.07) is 16.3. The predicted molar refractivity (Wildman–Crippen MR) is 85.4 cm³/mol. The number of benzene rings is 2. The highest BCUT2D eigenvalue weighted by Gasteiger charge is 2.31. The van der Waals surface area contributed by atoms with Crippen LogP contribution in [-0.4, -0.2) is 0 Å². The van der Waals surface area contributed by atoms with Gasteiger partial charge in [0.15, 0.2) is 0 Å². The van der Waals surface area contributed by atoms with Crippen LogP contribution >= 0.6 is 0 Å². The fraction of sp³-hybridized carbons (Fsp3) is 0.111. The van der Waals surface area contributed by atoms with Gasteiger partial charge < -0.3 is 11.5 Å². The summed E-state index contributed by atoms with van der Waals surface area (Å²) in [7, 11) is 0. The molecule has 0 amide bonds. The molecule has 100 valence electrons. The topological polar surface area (TPSA) is 52.0 Å². The molecule has 0 fully saturated rings. The zero-order chi connectivity index (χ0) is 14.0. The van der Waals surface area contributed by atoms with Crippen molar-refractivity contribution in [3.63, 3.8) is 0 Å². The zero-order valence-electron chi connectivity index (χ0n) is 11.3. The van der Waals surface area contributed by atoms with Crippen molar-refractivity contribution >= 4 is 11.4 Å². The van der Waals surface area contributed by atoms with Crippen molar-refractivity contribution in [2.24, 2.45) is 0 Å². The number of allylic oxidation sites excluding steroid dienone is 4. The van der Waals surface area contributed by atoms with Crippen molar-refractivity contribution in [2.45, 2.75) is 11.8 Å². The van der Waals surface area contributed by atoms with Gasteiger partial charge >= 0.3 is 0 Å². The van der Waals surface area contributed by atoms with Crippen LogP contribution < -0.4 is 11.5 Å². The summed E-state index contributed by atoms with van der Waals surface area (Å²) in [5.41, 5.74) is 15.6. The molecule has 2 aromatic carbocycles. The SMILES string of the molecule is Nc1ccc(C2(c3ccc(N)cc3)C=CC=CC2)cc1. The van der Waals surface area contributed by atoms with Gasteiger partial charge in [-0.2, -0.15) is 0 Å². The number of nitrogens with two attached hydrogens (primary N) is 2. The van der Waals surface area contributed by atoms with Gasteiger partial charge in [0.05, 0.1) is 0 Å². The Bertz CT molecular complexity index is 603. The number of anilines is 2. The monoisotopic (exact) mass is 262 g/mol. The van der Waals surface area contributed by atoms with Crippen LogP contribution in [0.4, 0.5) is 11.4 Å². The van der Waals surface area contributed by atoms with Gasteiger partial charge in [-0.3, -0.25) is 0 Å². The Morgan fingerprint density at radius 1 is 0.700 bits per heavy atom. The summed E-state index contributed by atoms with van der Waals surface area (Å²) < 4.78 is 0. The third-order valence-electron chi connectivity index (χ3n) is 3.92. The van der Waals surface area contributed by atoms with Gasteiger partial charge in [0.2, 0.25) is 0 Å². The standard InChI is InChI=1S/C18H18N2/c19-16-8-4-14(5-9-16)18(12-2-1-3-13-18)15-6-10-17(20)11-7-15/h1-12H,13,19-20H2. The first-order valence-corrected chi connectivity index (χ1v) is 6.77. The fourth-order valence-corrected chi connectivity index (χ4v) is 2.78. The van der Waals surface area contributed by atoms with E-state index in [1.807, 2.05) is 24.3 Å². The van der Waals surface area contributed by atoms with Crippen LogP contribution in [0.1, 0.15) is 17.5 Å². The normalized spacial score (nSPS) is 16.2. The lowest BCUT2D eigenvalue weighted by Gasteiger charge is -2.33. The minimum absolute atomic E-state index is 0.129. The molecule has 0 saturated heterocycles. The Morgan fingerprint density at radius 3 is 1.60 bits per heavy atom. The van der Waals surface area contributed by atoms with E-state index in [9.17, 15) is 0 Å². The summed E-state index contributed by atoms with van der Waals surface area (Å²) in [6.07, 6.45) is 9.59.